The molecule has 0 amide bonds. The van der Waals surface area contributed by atoms with Crippen molar-refractivity contribution in [3.05, 3.63) is 75.8 Å². The molecule has 0 bridgehead atoms. The number of benzene rings is 2. The van der Waals surface area contributed by atoms with Crippen molar-refractivity contribution in [1.82, 2.24) is 0 Å². The molecular weight excluding hydrogens is 304 g/mol. The second-order valence-corrected chi connectivity index (χ2v) is 6.39. The van der Waals surface area contributed by atoms with Crippen LogP contribution in [0.3, 0.4) is 0 Å². The molecule has 0 aliphatic carbocycles. The zero-order valence-corrected chi connectivity index (χ0v) is 12.4. The van der Waals surface area contributed by atoms with Crippen LogP contribution in [-0.4, -0.2) is 25.3 Å². The van der Waals surface area contributed by atoms with Gasteiger partial charge in [0.25, 0.3) is 15.7 Å². The third kappa shape index (κ3) is 4.78. The lowest BCUT2D eigenvalue weighted by atomic mass is 10.2. The Balaban J connectivity index is 2.00. The average molecular weight is 318 g/mol. The Morgan fingerprint density at radius 1 is 1.05 bits per heavy atom. The molecular formula is C15H14N2O4S. The lowest BCUT2D eigenvalue weighted by Crippen LogP contribution is -2.06. The Morgan fingerprint density at radius 2 is 1.68 bits per heavy atom. The van der Waals surface area contributed by atoms with Crippen LogP contribution in [0.5, 0.6) is 0 Å². The maximum atomic E-state index is 11.8. The molecule has 22 heavy (non-hydrogen) atoms. The molecule has 0 aliphatic rings. The Kier molecular flexibility index (Phi) is 5.00. The normalized spacial score (nSPS) is 11.6. The number of non-ortho nitro benzene ring substituents is 1. The molecule has 2 aromatic rings. The Bertz CT molecular complexity index is 769. The van der Waals surface area contributed by atoms with Crippen LogP contribution in [0.4, 0.5) is 5.69 Å². The van der Waals surface area contributed by atoms with E-state index in [0.29, 0.717) is 12.0 Å². The van der Waals surface area contributed by atoms with Crippen molar-refractivity contribution in [1.29, 1.82) is 0 Å². The van der Waals surface area contributed by atoms with E-state index < -0.39 is 14.9 Å². The third-order valence-corrected chi connectivity index (χ3v) is 4.10. The summed E-state index contributed by atoms with van der Waals surface area (Å²) >= 11 is 0. The highest BCUT2D eigenvalue weighted by molar-refractivity contribution is 7.90. The minimum Gasteiger partial charge on any atom is -0.258 e. The fourth-order valence-corrected chi connectivity index (χ4v) is 2.65. The lowest BCUT2D eigenvalue weighted by molar-refractivity contribution is -0.384. The lowest BCUT2D eigenvalue weighted by Gasteiger charge is -2.00. The minimum absolute atomic E-state index is 0.0518. The SMILES string of the molecule is O=[N+]([O-])c1ccc(C=NS(=O)(=O)CCc2ccccc2)cc1. The molecule has 0 aromatic heterocycles. The highest BCUT2D eigenvalue weighted by atomic mass is 32.2. The first-order chi connectivity index (χ1) is 10.5. The van der Waals surface area contributed by atoms with Gasteiger partial charge in [0.2, 0.25) is 0 Å². The van der Waals surface area contributed by atoms with E-state index in [1.807, 2.05) is 30.3 Å². The molecule has 0 fully saturated rings. The zero-order chi connectivity index (χ0) is 16.0. The number of nitro benzene ring substituents is 1. The molecule has 0 heterocycles. The summed E-state index contributed by atoms with van der Waals surface area (Å²) < 4.78 is 27.3. The van der Waals surface area contributed by atoms with Gasteiger partial charge in [-0.2, -0.15) is 4.40 Å². The van der Waals surface area contributed by atoms with Crippen LogP contribution in [-0.2, 0) is 16.4 Å². The monoisotopic (exact) mass is 318 g/mol. The highest BCUT2D eigenvalue weighted by Crippen LogP contribution is 2.11. The molecule has 0 unspecified atom stereocenters. The van der Waals surface area contributed by atoms with Gasteiger partial charge in [0.05, 0.1) is 10.7 Å². The Morgan fingerprint density at radius 3 is 2.27 bits per heavy atom. The maximum Gasteiger partial charge on any atom is 0.269 e. The van der Waals surface area contributed by atoms with E-state index in [0.717, 1.165) is 5.56 Å². The van der Waals surface area contributed by atoms with Crippen LogP contribution in [0.2, 0.25) is 0 Å². The number of hydrogen-bond acceptors (Lipinski definition) is 4. The Hall–Kier alpha value is -2.54. The van der Waals surface area contributed by atoms with Crippen molar-refractivity contribution in [3.8, 4) is 0 Å². The quantitative estimate of drug-likeness (QED) is 0.465. The van der Waals surface area contributed by atoms with E-state index in [4.69, 9.17) is 0 Å². The molecule has 0 aliphatic heterocycles. The predicted octanol–water partition coefficient (Wildman–Crippen LogP) is 2.59. The van der Waals surface area contributed by atoms with Crippen LogP contribution < -0.4 is 0 Å². The first-order valence-corrected chi connectivity index (χ1v) is 8.13. The van der Waals surface area contributed by atoms with Gasteiger partial charge in [-0.3, -0.25) is 10.1 Å². The fourth-order valence-electron chi connectivity index (χ4n) is 1.77. The van der Waals surface area contributed by atoms with E-state index in [1.165, 1.54) is 30.5 Å². The van der Waals surface area contributed by atoms with Crippen molar-refractivity contribution in [2.24, 2.45) is 4.40 Å². The van der Waals surface area contributed by atoms with Crippen LogP contribution in [0.15, 0.2) is 59.0 Å². The summed E-state index contributed by atoms with van der Waals surface area (Å²) in [4.78, 5) is 10.0. The van der Waals surface area contributed by atoms with Crippen molar-refractivity contribution in [2.45, 2.75) is 6.42 Å². The van der Waals surface area contributed by atoms with Gasteiger partial charge in [0.1, 0.15) is 0 Å². The van der Waals surface area contributed by atoms with Gasteiger partial charge in [-0.1, -0.05) is 30.3 Å². The number of aryl methyl sites for hydroxylation is 1. The van der Waals surface area contributed by atoms with Crippen molar-refractivity contribution in [3.63, 3.8) is 0 Å². The van der Waals surface area contributed by atoms with Gasteiger partial charge >= 0.3 is 0 Å². The molecule has 0 saturated carbocycles. The predicted molar refractivity (Wildman–Crippen MR) is 84.6 cm³/mol. The van der Waals surface area contributed by atoms with Crippen LogP contribution in [0.1, 0.15) is 11.1 Å². The van der Waals surface area contributed by atoms with Crippen LogP contribution >= 0.6 is 0 Å². The summed E-state index contributed by atoms with van der Waals surface area (Å²) in [6.45, 7) is 0. The summed E-state index contributed by atoms with van der Waals surface area (Å²) in [6.07, 6.45) is 1.59. The highest BCUT2D eigenvalue weighted by Gasteiger charge is 2.08. The zero-order valence-electron chi connectivity index (χ0n) is 11.6. The molecule has 0 saturated heterocycles. The van der Waals surface area contributed by atoms with Crippen molar-refractivity contribution >= 4 is 21.9 Å². The first kappa shape index (κ1) is 15.8. The molecule has 0 radical (unpaired) electrons. The van der Waals surface area contributed by atoms with E-state index in [1.54, 1.807) is 0 Å². The number of sulfonamides is 1. The molecule has 114 valence electrons. The summed E-state index contributed by atoms with van der Waals surface area (Å²) in [6, 6.07) is 14.8. The minimum atomic E-state index is -3.57. The third-order valence-electron chi connectivity index (χ3n) is 2.96. The number of hydrogen-bond donors (Lipinski definition) is 0. The molecule has 7 heteroatoms. The number of nitrogens with zero attached hydrogens (tertiary/aromatic N) is 2. The van der Waals surface area contributed by atoms with Gasteiger partial charge in [0, 0.05) is 18.3 Å². The van der Waals surface area contributed by atoms with Crippen molar-refractivity contribution in [2.75, 3.05) is 5.75 Å². The van der Waals surface area contributed by atoms with E-state index >= 15 is 0 Å². The number of rotatable bonds is 6. The standard InChI is InChI=1S/C15H14N2O4S/c18-17(19)15-8-6-14(7-9-15)12-16-22(20,21)11-10-13-4-2-1-3-5-13/h1-9,12H,10-11H2. The van der Waals surface area contributed by atoms with Gasteiger partial charge < -0.3 is 0 Å². The maximum absolute atomic E-state index is 11.8. The fraction of sp³-hybridized carbons (Fsp3) is 0.133. The van der Waals surface area contributed by atoms with Crippen molar-refractivity contribution < 1.29 is 13.3 Å². The van der Waals surface area contributed by atoms with E-state index in [2.05, 4.69) is 4.40 Å². The van der Waals surface area contributed by atoms with Gasteiger partial charge in [0.15, 0.2) is 0 Å². The molecule has 0 N–H and O–H groups in total. The van der Waals surface area contributed by atoms with Gasteiger partial charge in [-0.05, 0) is 29.7 Å². The molecule has 6 nitrogen and oxygen atoms in total. The van der Waals surface area contributed by atoms with Crippen LogP contribution in [0.25, 0.3) is 0 Å². The number of nitro groups is 1. The van der Waals surface area contributed by atoms with Gasteiger partial charge in [-0.15, -0.1) is 0 Å². The summed E-state index contributed by atoms with van der Waals surface area (Å²) in [5.41, 5.74) is 1.37. The molecule has 0 spiro atoms. The summed E-state index contributed by atoms with van der Waals surface area (Å²) in [5, 5.41) is 10.5. The first-order valence-electron chi connectivity index (χ1n) is 6.53. The molecule has 0 atom stereocenters. The summed E-state index contributed by atoms with van der Waals surface area (Å²) in [5.74, 6) is -0.0828. The van der Waals surface area contributed by atoms with Gasteiger partial charge in [-0.25, -0.2) is 8.42 Å². The topological polar surface area (TPSA) is 89.6 Å². The average Bonchev–Trinajstić information content (AvgIpc) is 2.53. The largest absolute Gasteiger partial charge is 0.269 e. The second-order valence-electron chi connectivity index (χ2n) is 4.60. The smallest absolute Gasteiger partial charge is 0.258 e. The van der Waals surface area contributed by atoms with Crippen LogP contribution in [0, 0.1) is 10.1 Å². The molecule has 2 aromatic carbocycles. The van der Waals surface area contributed by atoms with E-state index in [9.17, 15) is 18.5 Å². The Labute approximate surface area is 128 Å². The second kappa shape index (κ2) is 6.95. The van der Waals surface area contributed by atoms with E-state index in [-0.39, 0.29) is 11.4 Å². The summed E-state index contributed by atoms with van der Waals surface area (Å²) in [7, 11) is -3.57. The molecule has 2 rings (SSSR count).